The van der Waals surface area contributed by atoms with Crippen LogP contribution in [0.25, 0.3) is 71.8 Å². The van der Waals surface area contributed by atoms with E-state index < -0.39 is 0 Å². The van der Waals surface area contributed by atoms with E-state index in [1.54, 1.807) is 0 Å². The summed E-state index contributed by atoms with van der Waals surface area (Å²) in [7, 11) is 0. The van der Waals surface area contributed by atoms with Gasteiger partial charge in [0, 0.05) is 84.6 Å². The second-order valence-corrected chi connectivity index (χ2v) is 25.5. The van der Waals surface area contributed by atoms with E-state index >= 15 is 0 Å². The van der Waals surface area contributed by atoms with Crippen LogP contribution in [-0.2, 0) is 6.42 Å². The van der Waals surface area contributed by atoms with Gasteiger partial charge in [0.2, 0.25) is 0 Å². The topological polar surface area (TPSA) is 27.8 Å². The SMILES string of the molecule is Brc1cccc(N2c3ccccc3N(c3ccccc3)c3ccccc32)c1.c1ccc(-n2ccc3ccc4c(c32)Cc2ccccc2-4)cc1.c1ccc(N2c3ccccc3N(c3cccc(-n4c5ccccc5c5ccc6ccn(-c7ccccc7)c6c54)c3)c3ccccc32)cc1. The van der Waals surface area contributed by atoms with Gasteiger partial charge in [0.25, 0.3) is 0 Å². The van der Waals surface area contributed by atoms with Gasteiger partial charge in [0.15, 0.2) is 0 Å². The minimum Gasteiger partial charge on any atom is -0.316 e. The molecule has 0 spiro atoms. The van der Waals surface area contributed by atoms with Gasteiger partial charge in [0.1, 0.15) is 0 Å². The standard InChI is InChI=1S/C44H30N4.C24H17BrN2.C21H15N/c1-3-14-32(15-4-1)45-29-28-31-26-27-37-36-20-7-8-21-38(36)48(44(37)43(31)45)35-19-13-18-34(30-35)47-41-24-11-9-22-39(41)46(33-16-5-2-6-17-33)40-23-10-12-25-42(40)47;25-18-9-8-12-20(17-18)27-23-15-6-4-13-21(23)26(19-10-2-1-3-11-19)22-14-5-7-16-24(22)27;1-2-7-17(8-3-1)22-13-12-15-10-11-19-18-9-5-4-6-16(18)14-20(19)21(15)22/h1-30H;1-17H;1-13H,14H2. The Morgan fingerprint density at radius 3 is 1.16 bits per heavy atom. The number of hydrogen-bond donors (Lipinski definition) is 0. The molecule has 14 aromatic carbocycles. The molecule has 1 aliphatic carbocycles. The lowest BCUT2D eigenvalue weighted by Crippen LogP contribution is -2.23. The Labute approximate surface area is 571 Å². The lowest BCUT2D eigenvalue weighted by Gasteiger charge is -2.40. The zero-order chi connectivity index (χ0) is 64.3. The third kappa shape index (κ3) is 9.87. The van der Waals surface area contributed by atoms with Crippen molar-refractivity contribution < 1.29 is 0 Å². The molecular formula is C89H62BrN7. The molecule has 8 heteroatoms. The first kappa shape index (κ1) is 57.3. The van der Waals surface area contributed by atoms with E-state index in [0.717, 1.165) is 79.1 Å². The van der Waals surface area contributed by atoms with Crippen molar-refractivity contribution in [2.24, 2.45) is 0 Å². The van der Waals surface area contributed by atoms with Crippen molar-refractivity contribution >= 4 is 128 Å². The number of para-hydroxylation sites is 13. The first-order valence-electron chi connectivity index (χ1n) is 33.0. The van der Waals surface area contributed by atoms with Crippen molar-refractivity contribution in [3.05, 3.63) is 380 Å². The molecule has 20 rings (SSSR count). The van der Waals surface area contributed by atoms with Gasteiger partial charge in [-0.15, -0.1) is 0 Å². The normalized spacial score (nSPS) is 12.5. The van der Waals surface area contributed by atoms with Crippen molar-refractivity contribution in [3.63, 3.8) is 0 Å². The van der Waals surface area contributed by atoms with E-state index in [1.165, 1.54) is 82.9 Å². The molecule has 460 valence electrons. The fraction of sp³-hybridized carbons (Fsp3) is 0.0112. The maximum Gasteiger partial charge on any atom is 0.0788 e. The summed E-state index contributed by atoms with van der Waals surface area (Å²) in [5.41, 5.74) is 27.9. The number of benzene rings is 14. The average molecular weight is 1310 g/mol. The van der Waals surface area contributed by atoms with Gasteiger partial charge < -0.3 is 33.3 Å². The molecule has 97 heavy (non-hydrogen) atoms. The maximum atomic E-state index is 3.62. The summed E-state index contributed by atoms with van der Waals surface area (Å²) in [5, 5.41) is 5.01. The fourth-order valence-electron chi connectivity index (χ4n) is 15.0. The smallest absolute Gasteiger partial charge is 0.0788 e. The highest BCUT2D eigenvalue weighted by molar-refractivity contribution is 9.10. The zero-order valence-corrected chi connectivity index (χ0v) is 54.4. The third-order valence-electron chi connectivity index (χ3n) is 19.1. The number of halogens is 1. The van der Waals surface area contributed by atoms with Crippen LogP contribution >= 0.6 is 15.9 Å². The Hall–Kier alpha value is -12.4. The summed E-state index contributed by atoms with van der Waals surface area (Å²) in [6.07, 6.45) is 5.40. The molecule has 0 unspecified atom stereocenters. The fourth-order valence-corrected chi connectivity index (χ4v) is 15.3. The molecule has 0 N–H and O–H groups in total. The monoisotopic (exact) mass is 1310 g/mol. The first-order valence-corrected chi connectivity index (χ1v) is 33.8. The summed E-state index contributed by atoms with van der Waals surface area (Å²) < 4.78 is 8.17. The molecule has 17 aromatic rings. The molecule has 3 aromatic heterocycles. The average Bonchev–Trinajstić information content (AvgIpc) is 1.64. The van der Waals surface area contributed by atoms with Crippen LogP contribution in [-0.4, -0.2) is 13.7 Å². The van der Waals surface area contributed by atoms with Gasteiger partial charge in [-0.3, -0.25) is 0 Å². The van der Waals surface area contributed by atoms with E-state index in [1.807, 2.05) is 0 Å². The summed E-state index contributed by atoms with van der Waals surface area (Å²) in [6, 6.07) is 125. The molecule has 5 heterocycles. The highest BCUT2D eigenvalue weighted by Gasteiger charge is 2.33. The third-order valence-corrected chi connectivity index (χ3v) is 19.6. The minimum absolute atomic E-state index is 1.03. The van der Waals surface area contributed by atoms with Gasteiger partial charge in [-0.05, 0) is 174 Å². The second-order valence-electron chi connectivity index (χ2n) is 24.6. The number of aromatic nitrogens is 3. The Morgan fingerprint density at radius 1 is 0.247 bits per heavy atom. The molecule has 0 saturated carbocycles. The van der Waals surface area contributed by atoms with Crippen LogP contribution in [0.3, 0.4) is 0 Å². The Kier molecular flexibility index (Phi) is 14.3. The van der Waals surface area contributed by atoms with Gasteiger partial charge in [-0.2, -0.15) is 0 Å². The van der Waals surface area contributed by atoms with Gasteiger partial charge in [0.05, 0.1) is 67.6 Å². The molecule has 0 radical (unpaired) electrons. The van der Waals surface area contributed by atoms with Crippen molar-refractivity contribution in [3.8, 4) is 28.2 Å². The molecule has 2 aliphatic heterocycles. The van der Waals surface area contributed by atoms with Crippen LogP contribution in [0, 0.1) is 0 Å². The summed E-state index contributed by atoms with van der Waals surface area (Å²) in [5.74, 6) is 0. The van der Waals surface area contributed by atoms with E-state index in [2.05, 4.69) is 413 Å². The highest BCUT2D eigenvalue weighted by atomic mass is 79.9. The van der Waals surface area contributed by atoms with E-state index in [4.69, 9.17) is 0 Å². The highest BCUT2D eigenvalue weighted by Crippen LogP contribution is 2.56. The second kappa shape index (κ2) is 24.2. The molecule has 0 amide bonds. The quantitative estimate of drug-likeness (QED) is 0.159. The van der Waals surface area contributed by atoms with Crippen LogP contribution in [0.4, 0.5) is 68.2 Å². The van der Waals surface area contributed by atoms with Crippen LogP contribution in [0.1, 0.15) is 11.1 Å². The predicted octanol–water partition coefficient (Wildman–Crippen LogP) is 24.9. The van der Waals surface area contributed by atoms with Crippen LogP contribution in [0.2, 0.25) is 0 Å². The molecule has 0 atom stereocenters. The predicted molar refractivity (Wildman–Crippen MR) is 409 cm³/mol. The zero-order valence-electron chi connectivity index (χ0n) is 52.9. The lowest BCUT2D eigenvalue weighted by molar-refractivity contribution is 1.11. The number of rotatable bonds is 7. The number of fused-ring (bicyclic) bond motifs is 14. The van der Waals surface area contributed by atoms with Crippen molar-refractivity contribution in [1.29, 1.82) is 0 Å². The van der Waals surface area contributed by atoms with Crippen LogP contribution < -0.4 is 19.6 Å². The van der Waals surface area contributed by atoms with Crippen LogP contribution in [0.15, 0.2) is 369 Å². The summed E-state index contributed by atoms with van der Waals surface area (Å²) in [4.78, 5) is 9.43. The largest absolute Gasteiger partial charge is 0.316 e. The molecule has 0 fully saturated rings. The Balaban J connectivity index is 0.000000117. The number of nitrogens with zero attached hydrogens (tertiary/aromatic N) is 7. The molecule has 0 saturated heterocycles. The molecule has 0 bridgehead atoms. The van der Waals surface area contributed by atoms with Crippen molar-refractivity contribution in [1.82, 2.24) is 13.7 Å². The summed E-state index contributed by atoms with van der Waals surface area (Å²) >= 11 is 3.62. The van der Waals surface area contributed by atoms with E-state index in [9.17, 15) is 0 Å². The number of anilines is 12. The van der Waals surface area contributed by atoms with Gasteiger partial charge in [-0.25, -0.2) is 0 Å². The summed E-state index contributed by atoms with van der Waals surface area (Å²) in [6.45, 7) is 0. The first-order chi connectivity index (χ1) is 48.1. The van der Waals surface area contributed by atoms with Crippen molar-refractivity contribution in [2.75, 3.05) is 19.6 Å². The molecular weight excluding hydrogens is 1250 g/mol. The lowest BCUT2D eigenvalue weighted by atomic mass is 10.0. The van der Waals surface area contributed by atoms with E-state index in [-0.39, 0.29) is 0 Å². The van der Waals surface area contributed by atoms with Gasteiger partial charge in [-0.1, -0.05) is 216 Å². The van der Waals surface area contributed by atoms with E-state index in [0.29, 0.717) is 0 Å². The Morgan fingerprint density at radius 2 is 0.639 bits per heavy atom. The molecule has 3 aliphatic rings. The molecule has 7 nitrogen and oxygen atoms in total. The maximum absolute atomic E-state index is 3.62. The van der Waals surface area contributed by atoms with Crippen molar-refractivity contribution in [2.45, 2.75) is 6.42 Å². The number of hydrogen-bond acceptors (Lipinski definition) is 4. The van der Waals surface area contributed by atoms with Gasteiger partial charge >= 0.3 is 0 Å². The minimum atomic E-state index is 1.03. The van der Waals surface area contributed by atoms with Crippen LogP contribution in [0.5, 0.6) is 0 Å². The Bertz CT molecular complexity index is 5700.